The van der Waals surface area contributed by atoms with Crippen LogP contribution in [0.2, 0.25) is 0 Å². The number of benzene rings is 1. The molecule has 0 bridgehead atoms. The van der Waals surface area contributed by atoms with Crippen LogP contribution >= 0.6 is 0 Å². The second-order valence-electron chi connectivity index (χ2n) is 4.42. The Kier molecular flexibility index (Phi) is 5.30. The Bertz CT molecular complexity index is 351. The maximum Gasteiger partial charge on any atom is 0.142 e. The van der Waals surface area contributed by atoms with E-state index in [1.807, 2.05) is 24.3 Å². The van der Waals surface area contributed by atoms with Crippen molar-refractivity contribution in [1.82, 2.24) is 5.32 Å². The number of nitrogens with one attached hydrogen (secondary N) is 2. The highest BCUT2D eigenvalue weighted by molar-refractivity contribution is 5.56. The van der Waals surface area contributed by atoms with Gasteiger partial charge in [-0.25, -0.2) is 0 Å². The van der Waals surface area contributed by atoms with E-state index in [4.69, 9.17) is 9.47 Å². The van der Waals surface area contributed by atoms with Crippen LogP contribution in [0.4, 0.5) is 5.69 Å². The minimum Gasteiger partial charge on any atom is -0.491 e. The van der Waals surface area contributed by atoms with E-state index in [1.165, 1.54) is 0 Å². The fraction of sp³-hybridized carbons (Fsp3) is 0.571. The number of para-hydroxylation sites is 2. The first-order valence-corrected chi connectivity index (χ1v) is 6.68. The van der Waals surface area contributed by atoms with Crippen LogP contribution in [0.25, 0.3) is 0 Å². The lowest BCUT2D eigenvalue weighted by atomic mass is 10.2. The second kappa shape index (κ2) is 7.24. The third kappa shape index (κ3) is 3.89. The average Bonchev–Trinajstić information content (AvgIpc) is 2.45. The first kappa shape index (κ1) is 13.2. The highest BCUT2D eigenvalue weighted by Crippen LogP contribution is 2.23. The highest BCUT2D eigenvalue weighted by Gasteiger charge is 2.13. The van der Waals surface area contributed by atoms with Gasteiger partial charge in [0, 0.05) is 19.6 Å². The molecular formula is C14H22N2O2. The number of ether oxygens (including phenoxy) is 2. The molecule has 2 N–H and O–H groups in total. The zero-order chi connectivity index (χ0) is 12.6. The van der Waals surface area contributed by atoms with Gasteiger partial charge in [0.2, 0.25) is 0 Å². The molecule has 0 aromatic heterocycles. The van der Waals surface area contributed by atoms with Crippen molar-refractivity contribution in [3.63, 3.8) is 0 Å². The number of hydrogen-bond donors (Lipinski definition) is 2. The average molecular weight is 250 g/mol. The molecule has 0 spiro atoms. The largest absolute Gasteiger partial charge is 0.491 e. The molecule has 4 heteroatoms. The Morgan fingerprint density at radius 2 is 2.33 bits per heavy atom. The number of rotatable bonds is 6. The number of anilines is 1. The first-order valence-electron chi connectivity index (χ1n) is 6.68. The second-order valence-corrected chi connectivity index (χ2v) is 4.42. The Morgan fingerprint density at radius 1 is 1.44 bits per heavy atom. The summed E-state index contributed by atoms with van der Waals surface area (Å²) >= 11 is 0. The summed E-state index contributed by atoms with van der Waals surface area (Å²) in [5.74, 6) is 0.920. The monoisotopic (exact) mass is 250 g/mol. The topological polar surface area (TPSA) is 42.5 Å². The summed E-state index contributed by atoms with van der Waals surface area (Å²) < 4.78 is 11.4. The number of hydrogen-bond acceptors (Lipinski definition) is 4. The predicted molar refractivity (Wildman–Crippen MR) is 73.3 cm³/mol. The molecule has 1 aliphatic heterocycles. The molecule has 0 amide bonds. The van der Waals surface area contributed by atoms with Crippen LogP contribution in [0.15, 0.2) is 24.3 Å². The minimum atomic E-state index is 0.234. The Labute approximate surface area is 109 Å². The van der Waals surface area contributed by atoms with Gasteiger partial charge in [-0.2, -0.15) is 0 Å². The predicted octanol–water partition coefficient (Wildman–Crippen LogP) is 1.88. The van der Waals surface area contributed by atoms with Crippen LogP contribution < -0.4 is 15.4 Å². The lowest BCUT2D eigenvalue weighted by Gasteiger charge is -2.24. The highest BCUT2D eigenvalue weighted by atomic mass is 16.5. The van der Waals surface area contributed by atoms with Crippen LogP contribution in [-0.4, -0.2) is 39.0 Å². The Hall–Kier alpha value is -1.26. The zero-order valence-corrected chi connectivity index (χ0v) is 10.9. The minimum absolute atomic E-state index is 0.234. The summed E-state index contributed by atoms with van der Waals surface area (Å²) in [6.07, 6.45) is 1.25. The van der Waals surface area contributed by atoms with Gasteiger partial charge in [0.25, 0.3) is 0 Å². The third-order valence-electron chi connectivity index (χ3n) is 2.87. The van der Waals surface area contributed by atoms with Gasteiger partial charge >= 0.3 is 0 Å². The van der Waals surface area contributed by atoms with E-state index in [2.05, 4.69) is 17.6 Å². The summed E-state index contributed by atoms with van der Waals surface area (Å²) in [4.78, 5) is 0. The fourth-order valence-corrected chi connectivity index (χ4v) is 1.93. The summed E-state index contributed by atoms with van der Waals surface area (Å²) in [7, 11) is 0. The van der Waals surface area contributed by atoms with Gasteiger partial charge in [0.05, 0.1) is 25.0 Å². The van der Waals surface area contributed by atoms with E-state index in [9.17, 15) is 0 Å². The van der Waals surface area contributed by atoms with Gasteiger partial charge in [-0.05, 0) is 18.6 Å². The third-order valence-corrected chi connectivity index (χ3v) is 2.87. The normalized spacial score (nSPS) is 19.5. The van der Waals surface area contributed by atoms with Crippen molar-refractivity contribution >= 4 is 5.69 Å². The maximum atomic E-state index is 5.71. The van der Waals surface area contributed by atoms with Crippen molar-refractivity contribution in [3.05, 3.63) is 24.3 Å². The molecule has 2 rings (SSSR count). The van der Waals surface area contributed by atoms with E-state index in [-0.39, 0.29) is 6.10 Å². The molecule has 1 aromatic rings. The van der Waals surface area contributed by atoms with E-state index < -0.39 is 0 Å². The van der Waals surface area contributed by atoms with E-state index >= 15 is 0 Å². The van der Waals surface area contributed by atoms with Gasteiger partial charge < -0.3 is 20.1 Å². The smallest absolute Gasteiger partial charge is 0.142 e. The first-order chi connectivity index (χ1) is 8.90. The molecule has 0 saturated carbocycles. The molecule has 100 valence electrons. The molecule has 1 aliphatic rings. The molecule has 1 saturated heterocycles. The fourth-order valence-electron chi connectivity index (χ4n) is 1.93. The lowest BCUT2D eigenvalue weighted by Crippen LogP contribution is -2.42. The van der Waals surface area contributed by atoms with Gasteiger partial charge in [-0.15, -0.1) is 0 Å². The van der Waals surface area contributed by atoms with E-state index in [1.54, 1.807) is 0 Å². The summed E-state index contributed by atoms with van der Waals surface area (Å²) in [5.41, 5.74) is 1.04. The van der Waals surface area contributed by atoms with Crippen LogP contribution in [0.3, 0.4) is 0 Å². The van der Waals surface area contributed by atoms with E-state index in [0.29, 0.717) is 0 Å². The van der Waals surface area contributed by atoms with E-state index in [0.717, 1.165) is 50.7 Å². The van der Waals surface area contributed by atoms with Gasteiger partial charge in [0.15, 0.2) is 0 Å². The standard InChI is InChI=1S/C14H22N2O2/c1-2-8-18-14-6-4-3-5-13(14)16-11-12-10-15-7-9-17-12/h3-6,12,15-16H,2,7-11H2,1H3. The van der Waals surface area contributed by atoms with Crippen molar-refractivity contribution in [2.75, 3.05) is 38.2 Å². The SMILES string of the molecule is CCCOc1ccccc1NCC1CNCCO1. The quantitative estimate of drug-likeness (QED) is 0.809. The van der Waals surface area contributed by atoms with Crippen LogP contribution in [0.5, 0.6) is 5.75 Å². The summed E-state index contributed by atoms with van der Waals surface area (Å²) in [6.45, 7) is 6.31. The number of morpholine rings is 1. The van der Waals surface area contributed by atoms with Gasteiger partial charge in [-0.3, -0.25) is 0 Å². The van der Waals surface area contributed by atoms with Crippen molar-refractivity contribution in [1.29, 1.82) is 0 Å². The van der Waals surface area contributed by atoms with Crippen molar-refractivity contribution in [2.24, 2.45) is 0 Å². The molecule has 1 unspecified atom stereocenters. The van der Waals surface area contributed by atoms with Crippen molar-refractivity contribution < 1.29 is 9.47 Å². The lowest BCUT2D eigenvalue weighted by molar-refractivity contribution is 0.0372. The van der Waals surface area contributed by atoms with Crippen LogP contribution in [0, 0.1) is 0 Å². The molecule has 1 heterocycles. The molecule has 18 heavy (non-hydrogen) atoms. The molecular weight excluding hydrogens is 228 g/mol. The Morgan fingerprint density at radius 3 is 3.11 bits per heavy atom. The van der Waals surface area contributed by atoms with Crippen LogP contribution in [-0.2, 0) is 4.74 Å². The van der Waals surface area contributed by atoms with Gasteiger partial charge in [-0.1, -0.05) is 19.1 Å². The molecule has 0 aliphatic carbocycles. The molecule has 1 atom stereocenters. The Balaban J connectivity index is 1.87. The van der Waals surface area contributed by atoms with Gasteiger partial charge in [0.1, 0.15) is 5.75 Å². The van der Waals surface area contributed by atoms with Crippen LogP contribution in [0.1, 0.15) is 13.3 Å². The molecule has 4 nitrogen and oxygen atoms in total. The molecule has 1 aromatic carbocycles. The van der Waals surface area contributed by atoms with Crippen molar-refractivity contribution in [3.8, 4) is 5.75 Å². The maximum absolute atomic E-state index is 5.71. The summed E-state index contributed by atoms with van der Waals surface area (Å²) in [5, 5.41) is 6.73. The molecule has 0 radical (unpaired) electrons. The summed E-state index contributed by atoms with van der Waals surface area (Å²) in [6, 6.07) is 8.05. The zero-order valence-electron chi connectivity index (χ0n) is 10.9. The van der Waals surface area contributed by atoms with Crippen molar-refractivity contribution in [2.45, 2.75) is 19.4 Å². The molecule has 1 fully saturated rings.